The Hall–Kier alpha value is -2.56. The molecule has 2 N–H and O–H groups in total. The van der Waals surface area contributed by atoms with Crippen LogP contribution in [0.1, 0.15) is 15.9 Å². The molecule has 0 aliphatic rings. The second-order valence-corrected chi connectivity index (χ2v) is 4.08. The van der Waals surface area contributed by atoms with Crippen LogP contribution < -0.4 is 10.3 Å². The Morgan fingerprint density at radius 2 is 2.00 bits per heavy atom. The van der Waals surface area contributed by atoms with Crippen LogP contribution >= 0.6 is 0 Å². The summed E-state index contributed by atoms with van der Waals surface area (Å²) < 4.78 is 5.23. The van der Waals surface area contributed by atoms with Gasteiger partial charge in [0, 0.05) is 5.56 Å². The van der Waals surface area contributed by atoms with E-state index in [1.165, 1.54) is 13.2 Å². The molecule has 5 nitrogen and oxygen atoms in total. The number of aryl methyl sites for hydroxylation is 1. The first-order valence-corrected chi connectivity index (χ1v) is 5.65. The van der Waals surface area contributed by atoms with Gasteiger partial charge in [0.15, 0.2) is 0 Å². The number of ether oxygens (including phenoxy) is 1. The summed E-state index contributed by atoms with van der Waals surface area (Å²) in [7, 11) is 1.54. The minimum absolute atomic E-state index is 0.267. The number of hydrogen-bond acceptors (Lipinski definition) is 3. The minimum atomic E-state index is -1.24. The summed E-state index contributed by atoms with van der Waals surface area (Å²) in [5.74, 6) is -0.625. The second kappa shape index (κ2) is 4.97. The number of aromatic nitrogens is 1. The normalized spacial score (nSPS) is 10.2. The Morgan fingerprint density at radius 3 is 2.63 bits per heavy atom. The number of H-pyrrole nitrogens is 1. The molecule has 2 aromatic rings. The van der Waals surface area contributed by atoms with Crippen LogP contribution in [-0.2, 0) is 0 Å². The fourth-order valence-electron chi connectivity index (χ4n) is 1.92. The number of rotatable bonds is 3. The van der Waals surface area contributed by atoms with E-state index >= 15 is 0 Å². The van der Waals surface area contributed by atoms with Crippen LogP contribution in [-0.4, -0.2) is 23.2 Å². The van der Waals surface area contributed by atoms with Gasteiger partial charge in [-0.25, -0.2) is 4.79 Å². The zero-order chi connectivity index (χ0) is 14.0. The molecular weight excluding hydrogens is 246 g/mol. The van der Waals surface area contributed by atoms with Gasteiger partial charge in [0.05, 0.1) is 12.8 Å². The molecule has 5 heteroatoms. The second-order valence-electron chi connectivity index (χ2n) is 4.08. The van der Waals surface area contributed by atoms with E-state index in [4.69, 9.17) is 9.84 Å². The lowest BCUT2D eigenvalue weighted by Crippen LogP contribution is -2.18. The highest BCUT2D eigenvalue weighted by Gasteiger charge is 2.14. The van der Waals surface area contributed by atoms with E-state index in [2.05, 4.69) is 4.98 Å². The van der Waals surface area contributed by atoms with Crippen molar-refractivity contribution in [1.82, 2.24) is 4.98 Å². The summed E-state index contributed by atoms with van der Waals surface area (Å²) >= 11 is 0. The van der Waals surface area contributed by atoms with Crippen molar-refractivity contribution in [2.75, 3.05) is 7.11 Å². The monoisotopic (exact) mass is 259 g/mol. The summed E-state index contributed by atoms with van der Waals surface area (Å²) in [6.07, 6.45) is 0. The fraction of sp³-hybridized carbons (Fsp3) is 0.143. The first-order valence-electron chi connectivity index (χ1n) is 5.65. The first-order chi connectivity index (χ1) is 9.04. The summed E-state index contributed by atoms with van der Waals surface area (Å²) in [6.45, 7) is 1.74. The third kappa shape index (κ3) is 2.35. The number of carboxylic acids is 1. The number of carboxylic acid groups (broad SMARTS) is 1. The molecule has 0 fully saturated rings. The molecule has 98 valence electrons. The number of nitrogens with one attached hydrogen (secondary N) is 1. The van der Waals surface area contributed by atoms with Crippen LogP contribution in [0.25, 0.3) is 11.3 Å². The Labute approximate surface area is 109 Å². The van der Waals surface area contributed by atoms with Crippen LogP contribution in [0.2, 0.25) is 0 Å². The highest BCUT2D eigenvalue weighted by molar-refractivity contribution is 5.88. The Bertz CT molecular complexity index is 688. The van der Waals surface area contributed by atoms with Gasteiger partial charge in [0.25, 0.3) is 5.56 Å². The molecule has 0 atom stereocenters. The van der Waals surface area contributed by atoms with Crippen LogP contribution in [0.3, 0.4) is 0 Å². The van der Waals surface area contributed by atoms with Crippen molar-refractivity contribution in [2.24, 2.45) is 0 Å². The van der Waals surface area contributed by atoms with Crippen molar-refractivity contribution >= 4 is 5.97 Å². The number of aromatic amines is 1. The van der Waals surface area contributed by atoms with Crippen molar-refractivity contribution in [3.05, 3.63) is 51.8 Å². The van der Waals surface area contributed by atoms with Gasteiger partial charge in [-0.3, -0.25) is 4.79 Å². The summed E-state index contributed by atoms with van der Waals surface area (Å²) in [4.78, 5) is 25.2. The first kappa shape index (κ1) is 12.9. The van der Waals surface area contributed by atoms with Gasteiger partial charge in [0.1, 0.15) is 11.3 Å². The minimum Gasteiger partial charge on any atom is -0.496 e. The number of benzene rings is 1. The summed E-state index contributed by atoms with van der Waals surface area (Å²) in [6, 6.07) is 8.58. The molecule has 0 spiro atoms. The van der Waals surface area contributed by atoms with E-state index in [1.807, 2.05) is 12.1 Å². The molecule has 1 aromatic heterocycles. The lowest BCUT2D eigenvalue weighted by atomic mass is 10.0. The van der Waals surface area contributed by atoms with Crippen molar-refractivity contribution in [3.8, 4) is 17.0 Å². The molecule has 19 heavy (non-hydrogen) atoms. The van der Waals surface area contributed by atoms with Gasteiger partial charge < -0.3 is 14.8 Å². The van der Waals surface area contributed by atoms with E-state index in [-0.39, 0.29) is 5.56 Å². The standard InChI is InChI=1S/C14H13NO4/c1-8-7-10(14(17)18)13(16)15-12(8)9-5-3-4-6-11(9)19-2/h3-7H,1-2H3,(H,15,16)(H,17,18). The maximum atomic E-state index is 11.7. The maximum absolute atomic E-state index is 11.7. The molecule has 0 aliphatic carbocycles. The van der Waals surface area contributed by atoms with Crippen molar-refractivity contribution in [2.45, 2.75) is 6.92 Å². The SMILES string of the molecule is COc1ccccc1-c1[nH]c(=O)c(C(=O)O)cc1C. The molecule has 0 unspecified atom stereocenters. The number of carbonyl (C=O) groups is 1. The molecule has 2 rings (SSSR count). The van der Waals surface area contributed by atoms with Gasteiger partial charge in [-0.15, -0.1) is 0 Å². The zero-order valence-electron chi connectivity index (χ0n) is 10.6. The van der Waals surface area contributed by atoms with E-state index in [1.54, 1.807) is 19.1 Å². The average molecular weight is 259 g/mol. The number of pyridine rings is 1. The predicted octanol–water partition coefficient (Wildman–Crippen LogP) is 2.06. The third-order valence-corrected chi connectivity index (χ3v) is 2.85. The molecule has 0 saturated heterocycles. The highest BCUT2D eigenvalue weighted by atomic mass is 16.5. The van der Waals surface area contributed by atoms with E-state index in [0.29, 0.717) is 17.0 Å². The van der Waals surface area contributed by atoms with Gasteiger partial charge in [-0.2, -0.15) is 0 Å². The van der Waals surface area contributed by atoms with Gasteiger partial charge in [-0.05, 0) is 30.7 Å². The van der Waals surface area contributed by atoms with E-state index in [9.17, 15) is 9.59 Å². The van der Waals surface area contributed by atoms with Crippen molar-refractivity contribution in [3.63, 3.8) is 0 Å². The smallest absolute Gasteiger partial charge is 0.341 e. The number of para-hydroxylation sites is 1. The largest absolute Gasteiger partial charge is 0.496 e. The van der Waals surface area contributed by atoms with Gasteiger partial charge in [0.2, 0.25) is 0 Å². The Morgan fingerprint density at radius 1 is 1.32 bits per heavy atom. The van der Waals surface area contributed by atoms with Gasteiger partial charge in [-0.1, -0.05) is 12.1 Å². The zero-order valence-corrected chi connectivity index (χ0v) is 10.6. The van der Waals surface area contributed by atoms with Crippen LogP contribution in [0, 0.1) is 6.92 Å². The average Bonchev–Trinajstić information content (AvgIpc) is 2.40. The topological polar surface area (TPSA) is 79.4 Å². The number of aromatic carboxylic acids is 1. The molecule has 1 heterocycles. The van der Waals surface area contributed by atoms with E-state index < -0.39 is 11.5 Å². The maximum Gasteiger partial charge on any atom is 0.341 e. The molecule has 0 saturated carbocycles. The van der Waals surface area contributed by atoms with Crippen LogP contribution in [0.15, 0.2) is 35.1 Å². The summed E-state index contributed by atoms with van der Waals surface area (Å²) in [5, 5.41) is 8.91. The molecule has 0 radical (unpaired) electrons. The van der Waals surface area contributed by atoms with Crippen LogP contribution in [0.5, 0.6) is 5.75 Å². The molecular formula is C14H13NO4. The number of methoxy groups -OCH3 is 1. The third-order valence-electron chi connectivity index (χ3n) is 2.85. The van der Waals surface area contributed by atoms with Crippen molar-refractivity contribution < 1.29 is 14.6 Å². The highest BCUT2D eigenvalue weighted by Crippen LogP contribution is 2.29. The van der Waals surface area contributed by atoms with E-state index in [0.717, 1.165) is 5.56 Å². The lowest BCUT2D eigenvalue weighted by Gasteiger charge is -2.11. The molecule has 0 amide bonds. The lowest BCUT2D eigenvalue weighted by molar-refractivity contribution is 0.0695. The summed E-state index contributed by atoms with van der Waals surface area (Å²) in [5.41, 5.74) is 1.06. The van der Waals surface area contributed by atoms with Crippen LogP contribution in [0.4, 0.5) is 0 Å². The molecule has 0 bridgehead atoms. The quantitative estimate of drug-likeness (QED) is 0.884. The molecule has 1 aromatic carbocycles. The van der Waals surface area contributed by atoms with Gasteiger partial charge >= 0.3 is 5.97 Å². The molecule has 0 aliphatic heterocycles. The predicted molar refractivity (Wildman–Crippen MR) is 70.7 cm³/mol. The Balaban J connectivity index is 2.67. The number of hydrogen-bond donors (Lipinski definition) is 2. The Kier molecular flexibility index (Phi) is 3.37. The fourth-order valence-corrected chi connectivity index (χ4v) is 1.92. The van der Waals surface area contributed by atoms with Crippen molar-refractivity contribution in [1.29, 1.82) is 0 Å².